The molecule has 1 nitrogen and oxygen atoms in total. The second-order valence-corrected chi connectivity index (χ2v) is 5.92. The summed E-state index contributed by atoms with van der Waals surface area (Å²) in [5.41, 5.74) is 9.09. The van der Waals surface area contributed by atoms with Crippen LogP contribution in [0.25, 0.3) is 0 Å². The molecule has 0 heterocycles. The van der Waals surface area contributed by atoms with Crippen LogP contribution in [0.4, 0.5) is 0 Å². The zero-order valence-electron chi connectivity index (χ0n) is 12.5. The molecule has 1 heteroatoms. The summed E-state index contributed by atoms with van der Waals surface area (Å²) in [4.78, 5) is 0. The zero-order valence-corrected chi connectivity index (χ0v) is 12.5. The average molecular weight is 247 g/mol. The zero-order chi connectivity index (χ0) is 13.6. The predicted molar refractivity (Wildman–Crippen MR) is 80.9 cm³/mol. The molecular weight excluding hydrogens is 218 g/mol. The van der Waals surface area contributed by atoms with Gasteiger partial charge in [0.25, 0.3) is 0 Å². The Hall–Kier alpha value is -0.820. The quantitative estimate of drug-likeness (QED) is 0.758. The molecule has 0 radical (unpaired) electrons. The average Bonchev–Trinajstić information content (AvgIpc) is 2.35. The Labute approximate surface area is 113 Å². The summed E-state index contributed by atoms with van der Waals surface area (Å²) in [6, 6.07) is 8.82. The second-order valence-electron chi connectivity index (χ2n) is 5.92. The molecule has 0 spiro atoms. The van der Waals surface area contributed by atoms with E-state index in [4.69, 9.17) is 5.73 Å². The largest absolute Gasteiger partial charge is 0.330 e. The number of nitrogens with two attached hydrogens (primary N) is 1. The van der Waals surface area contributed by atoms with Crippen molar-refractivity contribution in [2.75, 3.05) is 6.54 Å². The van der Waals surface area contributed by atoms with E-state index in [1.807, 2.05) is 0 Å². The first-order chi connectivity index (χ1) is 8.55. The maximum absolute atomic E-state index is 5.88. The Morgan fingerprint density at radius 2 is 1.83 bits per heavy atom. The van der Waals surface area contributed by atoms with Crippen LogP contribution in [0.15, 0.2) is 24.3 Å². The topological polar surface area (TPSA) is 26.0 Å². The Morgan fingerprint density at radius 3 is 2.33 bits per heavy atom. The van der Waals surface area contributed by atoms with Gasteiger partial charge in [0.05, 0.1) is 0 Å². The highest BCUT2D eigenvalue weighted by Crippen LogP contribution is 2.38. The molecule has 0 saturated heterocycles. The van der Waals surface area contributed by atoms with Crippen LogP contribution in [0.2, 0.25) is 0 Å². The van der Waals surface area contributed by atoms with Gasteiger partial charge in [0.15, 0.2) is 0 Å². The van der Waals surface area contributed by atoms with Crippen molar-refractivity contribution in [2.24, 2.45) is 11.7 Å². The summed E-state index contributed by atoms with van der Waals surface area (Å²) < 4.78 is 0. The molecule has 1 rings (SSSR count). The van der Waals surface area contributed by atoms with E-state index >= 15 is 0 Å². The Kier molecular flexibility index (Phi) is 5.87. The van der Waals surface area contributed by atoms with Crippen LogP contribution in [0.3, 0.4) is 0 Å². The molecule has 0 aliphatic carbocycles. The van der Waals surface area contributed by atoms with Crippen molar-refractivity contribution in [1.82, 2.24) is 0 Å². The molecule has 0 fully saturated rings. The van der Waals surface area contributed by atoms with Crippen LogP contribution < -0.4 is 5.73 Å². The highest BCUT2D eigenvalue weighted by molar-refractivity contribution is 5.33. The molecule has 102 valence electrons. The van der Waals surface area contributed by atoms with Gasteiger partial charge in [-0.1, -0.05) is 51.5 Å². The summed E-state index contributed by atoms with van der Waals surface area (Å²) in [6.45, 7) is 9.93. The number of hydrogen-bond acceptors (Lipinski definition) is 1. The smallest absolute Gasteiger partial charge is 0.00349 e. The van der Waals surface area contributed by atoms with Crippen LogP contribution in [-0.4, -0.2) is 6.54 Å². The standard InChI is InChI=1S/C17H29N/c1-5-17(12-13-18,11-10-14(2)3)16-9-7-6-8-15(16)4/h6-9,14H,5,10-13,18H2,1-4H3. The van der Waals surface area contributed by atoms with E-state index in [1.165, 1.54) is 30.4 Å². The van der Waals surface area contributed by atoms with Gasteiger partial charge in [0, 0.05) is 0 Å². The van der Waals surface area contributed by atoms with Crippen molar-refractivity contribution in [3.63, 3.8) is 0 Å². The normalized spacial score (nSPS) is 14.8. The summed E-state index contributed by atoms with van der Waals surface area (Å²) in [5.74, 6) is 0.762. The van der Waals surface area contributed by atoms with Crippen LogP contribution in [-0.2, 0) is 5.41 Å². The molecule has 18 heavy (non-hydrogen) atoms. The third-order valence-corrected chi connectivity index (χ3v) is 4.22. The van der Waals surface area contributed by atoms with Crippen molar-refractivity contribution in [3.05, 3.63) is 35.4 Å². The minimum absolute atomic E-state index is 0.282. The lowest BCUT2D eigenvalue weighted by atomic mass is 9.70. The molecule has 0 saturated carbocycles. The van der Waals surface area contributed by atoms with E-state index in [2.05, 4.69) is 52.0 Å². The van der Waals surface area contributed by atoms with Gasteiger partial charge in [0.2, 0.25) is 0 Å². The van der Waals surface area contributed by atoms with Crippen LogP contribution in [0, 0.1) is 12.8 Å². The number of rotatable bonds is 7. The third-order valence-electron chi connectivity index (χ3n) is 4.22. The number of benzene rings is 1. The van der Waals surface area contributed by atoms with Gasteiger partial charge >= 0.3 is 0 Å². The molecule has 0 aliphatic rings. The minimum Gasteiger partial charge on any atom is -0.330 e. The SMILES string of the molecule is CCC(CCN)(CCC(C)C)c1ccccc1C. The first kappa shape index (κ1) is 15.2. The van der Waals surface area contributed by atoms with Gasteiger partial charge in [0.1, 0.15) is 0 Å². The number of aryl methyl sites for hydroxylation is 1. The Balaban J connectivity index is 3.06. The number of hydrogen-bond donors (Lipinski definition) is 1. The molecule has 0 bridgehead atoms. The highest BCUT2D eigenvalue weighted by Gasteiger charge is 2.30. The monoisotopic (exact) mass is 247 g/mol. The summed E-state index contributed by atoms with van der Waals surface area (Å²) in [7, 11) is 0. The minimum atomic E-state index is 0.282. The molecule has 1 unspecified atom stereocenters. The summed E-state index contributed by atoms with van der Waals surface area (Å²) in [6.07, 6.45) is 4.81. The van der Waals surface area contributed by atoms with Crippen molar-refractivity contribution < 1.29 is 0 Å². The molecule has 1 aromatic rings. The van der Waals surface area contributed by atoms with E-state index in [0.717, 1.165) is 18.9 Å². The van der Waals surface area contributed by atoms with E-state index in [0.29, 0.717) is 0 Å². The van der Waals surface area contributed by atoms with Crippen LogP contribution >= 0.6 is 0 Å². The van der Waals surface area contributed by atoms with Crippen molar-refractivity contribution in [1.29, 1.82) is 0 Å². The van der Waals surface area contributed by atoms with Gasteiger partial charge < -0.3 is 5.73 Å². The van der Waals surface area contributed by atoms with Crippen molar-refractivity contribution >= 4 is 0 Å². The lowest BCUT2D eigenvalue weighted by molar-refractivity contribution is 0.324. The van der Waals surface area contributed by atoms with Crippen molar-refractivity contribution in [2.45, 2.75) is 58.8 Å². The van der Waals surface area contributed by atoms with E-state index in [-0.39, 0.29) is 5.41 Å². The molecule has 1 aromatic carbocycles. The molecular formula is C17H29N. The van der Waals surface area contributed by atoms with Crippen LogP contribution in [0.1, 0.15) is 57.6 Å². The van der Waals surface area contributed by atoms with Gasteiger partial charge in [-0.25, -0.2) is 0 Å². The molecule has 0 aromatic heterocycles. The van der Waals surface area contributed by atoms with E-state index < -0.39 is 0 Å². The fraction of sp³-hybridized carbons (Fsp3) is 0.647. The first-order valence-electron chi connectivity index (χ1n) is 7.32. The molecule has 0 amide bonds. The lowest BCUT2D eigenvalue weighted by Gasteiger charge is -2.35. The maximum Gasteiger partial charge on any atom is -0.00349 e. The first-order valence-corrected chi connectivity index (χ1v) is 7.32. The van der Waals surface area contributed by atoms with Gasteiger partial charge in [-0.15, -0.1) is 0 Å². The lowest BCUT2D eigenvalue weighted by Crippen LogP contribution is -2.30. The van der Waals surface area contributed by atoms with Crippen molar-refractivity contribution in [3.8, 4) is 0 Å². The molecule has 1 atom stereocenters. The molecule has 0 aliphatic heterocycles. The highest BCUT2D eigenvalue weighted by atomic mass is 14.5. The predicted octanol–water partition coefficient (Wildman–Crippen LogP) is 4.43. The van der Waals surface area contributed by atoms with Gasteiger partial charge in [-0.05, 0) is 55.2 Å². The van der Waals surface area contributed by atoms with E-state index in [1.54, 1.807) is 0 Å². The summed E-state index contributed by atoms with van der Waals surface area (Å²) >= 11 is 0. The third kappa shape index (κ3) is 3.58. The molecule has 2 N–H and O–H groups in total. The Bertz CT molecular complexity index is 356. The summed E-state index contributed by atoms with van der Waals surface area (Å²) in [5, 5.41) is 0. The fourth-order valence-corrected chi connectivity index (χ4v) is 2.95. The Morgan fingerprint density at radius 1 is 1.17 bits per heavy atom. The van der Waals surface area contributed by atoms with Gasteiger partial charge in [-0.3, -0.25) is 0 Å². The van der Waals surface area contributed by atoms with E-state index in [9.17, 15) is 0 Å². The maximum atomic E-state index is 5.88. The van der Waals surface area contributed by atoms with Crippen LogP contribution in [0.5, 0.6) is 0 Å². The second kappa shape index (κ2) is 6.94. The fourth-order valence-electron chi connectivity index (χ4n) is 2.95. The van der Waals surface area contributed by atoms with Gasteiger partial charge in [-0.2, -0.15) is 0 Å².